The molecule has 4 heteroatoms. The van der Waals surface area contributed by atoms with Gasteiger partial charge in [-0.2, -0.15) is 0 Å². The van der Waals surface area contributed by atoms with E-state index in [0.717, 1.165) is 27.8 Å². The van der Waals surface area contributed by atoms with Gasteiger partial charge in [0, 0.05) is 6.54 Å². The maximum atomic E-state index is 13.7. The second kappa shape index (κ2) is 7.24. The van der Waals surface area contributed by atoms with E-state index in [2.05, 4.69) is 0 Å². The van der Waals surface area contributed by atoms with Crippen molar-refractivity contribution >= 4 is 16.9 Å². The molecule has 0 spiro atoms. The number of nitrogens with zero attached hydrogens (tertiary/aromatic N) is 1. The van der Waals surface area contributed by atoms with E-state index in [0.29, 0.717) is 23.1 Å². The van der Waals surface area contributed by atoms with E-state index in [1.54, 1.807) is 4.90 Å². The van der Waals surface area contributed by atoms with Crippen LogP contribution in [-0.2, 0) is 6.54 Å². The molecule has 1 unspecified atom stereocenters. The number of aryl methyl sites for hydroxylation is 3. The first-order valence-electron chi connectivity index (χ1n) is 10.4. The summed E-state index contributed by atoms with van der Waals surface area (Å²) in [6.45, 7) is 6.30. The van der Waals surface area contributed by atoms with Gasteiger partial charge in [0.15, 0.2) is 5.43 Å². The van der Waals surface area contributed by atoms with E-state index >= 15 is 0 Å². The average Bonchev–Trinajstić information content (AvgIpc) is 3.03. The third-order valence-corrected chi connectivity index (χ3v) is 5.99. The van der Waals surface area contributed by atoms with Crippen LogP contribution in [-0.4, -0.2) is 10.8 Å². The van der Waals surface area contributed by atoms with Gasteiger partial charge in [0.1, 0.15) is 5.58 Å². The van der Waals surface area contributed by atoms with Gasteiger partial charge in [0.25, 0.3) is 5.91 Å². The van der Waals surface area contributed by atoms with Gasteiger partial charge in [-0.05, 0) is 49.1 Å². The van der Waals surface area contributed by atoms with Gasteiger partial charge in [0.05, 0.1) is 17.0 Å². The highest BCUT2D eigenvalue weighted by Crippen LogP contribution is 2.39. The summed E-state index contributed by atoms with van der Waals surface area (Å²) in [5, 5.41) is 0.530. The van der Waals surface area contributed by atoms with Crippen molar-refractivity contribution in [3.8, 4) is 0 Å². The molecule has 0 aliphatic carbocycles. The summed E-state index contributed by atoms with van der Waals surface area (Å²) in [5.41, 5.74) is 5.72. The molecular formula is C27H23NO3. The topological polar surface area (TPSA) is 50.5 Å². The van der Waals surface area contributed by atoms with E-state index < -0.39 is 6.04 Å². The molecular weight excluding hydrogens is 386 g/mol. The van der Waals surface area contributed by atoms with Crippen LogP contribution in [0.1, 0.15) is 50.0 Å². The van der Waals surface area contributed by atoms with Crippen LogP contribution in [0.25, 0.3) is 11.0 Å². The van der Waals surface area contributed by atoms with Crippen LogP contribution in [0.3, 0.4) is 0 Å². The predicted molar refractivity (Wildman–Crippen MR) is 121 cm³/mol. The third kappa shape index (κ3) is 3.15. The Morgan fingerprint density at radius 1 is 0.871 bits per heavy atom. The first-order valence-corrected chi connectivity index (χ1v) is 10.4. The highest BCUT2D eigenvalue weighted by molar-refractivity contribution is 5.99. The van der Waals surface area contributed by atoms with Crippen molar-refractivity contribution in [2.24, 2.45) is 0 Å². The van der Waals surface area contributed by atoms with E-state index in [1.165, 1.54) is 0 Å². The summed E-state index contributed by atoms with van der Waals surface area (Å²) in [7, 11) is 0. The number of carbonyl (C=O) groups excluding carboxylic acids is 1. The minimum atomic E-state index is -0.480. The summed E-state index contributed by atoms with van der Waals surface area (Å²) in [6, 6.07) is 21.2. The van der Waals surface area contributed by atoms with Gasteiger partial charge in [-0.15, -0.1) is 0 Å². The fraction of sp³-hybridized carbons (Fsp3) is 0.185. The van der Waals surface area contributed by atoms with Crippen molar-refractivity contribution in [1.82, 2.24) is 4.90 Å². The molecule has 0 saturated heterocycles. The smallest absolute Gasteiger partial charge is 0.291 e. The zero-order chi connectivity index (χ0) is 21.7. The van der Waals surface area contributed by atoms with Crippen LogP contribution in [0, 0.1) is 20.8 Å². The summed E-state index contributed by atoms with van der Waals surface area (Å²) in [5.74, 6) is -0.0891. The molecule has 0 radical (unpaired) electrons. The van der Waals surface area contributed by atoms with Crippen LogP contribution in [0.2, 0.25) is 0 Å². The number of benzene rings is 3. The highest BCUT2D eigenvalue weighted by Gasteiger charge is 2.42. The number of amides is 1. The molecule has 1 amide bonds. The van der Waals surface area contributed by atoms with Crippen molar-refractivity contribution in [2.75, 3.05) is 0 Å². The Labute approximate surface area is 180 Å². The molecule has 1 aliphatic heterocycles. The van der Waals surface area contributed by atoms with Crippen molar-refractivity contribution < 1.29 is 9.21 Å². The van der Waals surface area contributed by atoms with Crippen molar-refractivity contribution in [3.05, 3.63) is 116 Å². The average molecular weight is 409 g/mol. The molecule has 4 aromatic rings. The molecule has 0 N–H and O–H groups in total. The van der Waals surface area contributed by atoms with Crippen molar-refractivity contribution in [2.45, 2.75) is 33.4 Å². The molecule has 31 heavy (non-hydrogen) atoms. The fourth-order valence-electron chi connectivity index (χ4n) is 4.51. The Morgan fingerprint density at radius 3 is 2.29 bits per heavy atom. The molecule has 4 nitrogen and oxygen atoms in total. The van der Waals surface area contributed by atoms with Crippen molar-refractivity contribution in [1.29, 1.82) is 0 Å². The van der Waals surface area contributed by atoms with Gasteiger partial charge in [-0.25, -0.2) is 0 Å². The SMILES string of the molecule is Cc1ccc(CN2C(=O)c3oc4c(C)cc(C)cc4c(=O)c3C2c2ccccc2)cc1. The lowest BCUT2D eigenvalue weighted by Gasteiger charge is -2.25. The second-order valence-electron chi connectivity index (χ2n) is 8.36. The molecule has 3 aromatic carbocycles. The van der Waals surface area contributed by atoms with E-state index in [1.807, 2.05) is 87.5 Å². The highest BCUT2D eigenvalue weighted by atomic mass is 16.3. The number of carbonyl (C=O) groups is 1. The Kier molecular flexibility index (Phi) is 4.51. The van der Waals surface area contributed by atoms with Crippen LogP contribution in [0.5, 0.6) is 0 Å². The second-order valence-corrected chi connectivity index (χ2v) is 8.36. The van der Waals surface area contributed by atoms with E-state index in [9.17, 15) is 9.59 Å². The summed E-state index contributed by atoms with van der Waals surface area (Å²) < 4.78 is 6.13. The summed E-state index contributed by atoms with van der Waals surface area (Å²) in [6.07, 6.45) is 0. The monoisotopic (exact) mass is 409 g/mol. The Morgan fingerprint density at radius 2 is 1.58 bits per heavy atom. The molecule has 1 atom stereocenters. The molecule has 0 fully saturated rings. The van der Waals surface area contributed by atoms with Gasteiger partial charge < -0.3 is 9.32 Å². The molecule has 154 valence electrons. The largest absolute Gasteiger partial charge is 0.450 e. The fourth-order valence-corrected chi connectivity index (χ4v) is 4.51. The van der Waals surface area contributed by atoms with Crippen molar-refractivity contribution in [3.63, 3.8) is 0 Å². The molecule has 5 rings (SSSR count). The van der Waals surface area contributed by atoms with Crippen LogP contribution in [0.15, 0.2) is 75.9 Å². The Hall–Kier alpha value is -3.66. The van der Waals surface area contributed by atoms with E-state index in [4.69, 9.17) is 4.42 Å². The predicted octanol–water partition coefficient (Wildman–Crippen LogP) is 5.46. The third-order valence-electron chi connectivity index (χ3n) is 5.99. The Bertz CT molecular complexity index is 1370. The number of hydrogen-bond acceptors (Lipinski definition) is 3. The van der Waals surface area contributed by atoms with Crippen LogP contribution >= 0.6 is 0 Å². The normalized spacial score (nSPS) is 15.5. The van der Waals surface area contributed by atoms with Gasteiger partial charge in [-0.3, -0.25) is 9.59 Å². The molecule has 0 saturated carbocycles. The van der Waals surface area contributed by atoms with E-state index in [-0.39, 0.29) is 17.1 Å². The quantitative estimate of drug-likeness (QED) is 0.451. The van der Waals surface area contributed by atoms with Gasteiger partial charge in [-0.1, -0.05) is 66.2 Å². The number of rotatable bonds is 3. The number of hydrogen-bond donors (Lipinski definition) is 0. The zero-order valence-electron chi connectivity index (χ0n) is 17.8. The molecule has 1 aliphatic rings. The summed E-state index contributed by atoms with van der Waals surface area (Å²) >= 11 is 0. The minimum absolute atomic E-state index is 0.128. The molecule has 1 aromatic heterocycles. The molecule has 2 heterocycles. The van der Waals surface area contributed by atoms with Gasteiger partial charge in [0.2, 0.25) is 5.76 Å². The lowest BCUT2D eigenvalue weighted by molar-refractivity contribution is 0.0714. The minimum Gasteiger partial charge on any atom is -0.450 e. The van der Waals surface area contributed by atoms with Gasteiger partial charge >= 0.3 is 0 Å². The first-order chi connectivity index (χ1) is 14.9. The Balaban J connectivity index is 1.74. The lowest BCUT2D eigenvalue weighted by atomic mass is 9.97. The molecule has 0 bridgehead atoms. The van der Waals surface area contributed by atoms with Crippen LogP contribution < -0.4 is 5.43 Å². The maximum absolute atomic E-state index is 13.7. The standard InChI is InChI=1S/C27H23NO3/c1-16-9-11-19(12-10-16)15-28-23(20-7-5-4-6-8-20)22-24(29)21-14-17(2)13-18(3)25(21)31-26(22)27(28)30/h4-14,23H,15H2,1-3H3. The lowest BCUT2D eigenvalue weighted by Crippen LogP contribution is -2.29. The maximum Gasteiger partial charge on any atom is 0.291 e. The number of fused-ring (bicyclic) bond motifs is 2. The zero-order valence-corrected chi connectivity index (χ0v) is 17.8. The van der Waals surface area contributed by atoms with Crippen LogP contribution in [0.4, 0.5) is 0 Å². The summed E-state index contributed by atoms with van der Waals surface area (Å²) in [4.78, 5) is 28.9. The first kappa shape index (κ1) is 19.3.